The minimum Gasteiger partial charge on any atom is -0.316 e. The Bertz CT molecular complexity index is 2180. The number of nitrogens with zero attached hydrogens (tertiary/aromatic N) is 9. The average molecular weight is 819 g/mol. The van der Waals surface area contributed by atoms with Crippen LogP contribution in [-0.4, -0.2) is 75.9 Å². The fraction of sp³-hybridized carbons (Fsp3) is 0.542. The van der Waals surface area contributed by atoms with Crippen LogP contribution < -0.4 is 25.3 Å². The molecule has 2 unspecified atom stereocenters. The molecule has 0 bridgehead atoms. The van der Waals surface area contributed by atoms with Gasteiger partial charge >= 0.3 is 0 Å². The molecule has 2 amide bonds. The van der Waals surface area contributed by atoms with Crippen molar-refractivity contribution in [1.29, 1.82) is 0 Å². The fourth-order valence-corrected chi connectivity index (χ4v) is 9.62. The Morgan fingerprint density at radius 3 is 1.27 bits per heavy atom. The van der Waals surface area contributed by atoms with Crippen LogP contribution in [0.5, 0.6) is 0 Å². The van der Waals surface area contributed by atoms with Gasteiger partial charge < -0.3 is 15.5 Å². The first-order valence-corrected chi connectivity index (χ1v) is 22.0. The molecule has 4 heterocycles. The number of fused-ring (bicyclic) bond motifs is 2. The molecule has 2 aliphatic heterocycles. The summed E-state index contributed by atoms with van der Waals surface area (Å²) in [5.41, 5.74) is 19.2. The molecule has 0 spiro atoms. The third kappa shape index (κ3) is 8.37. The van der Waals surface area contributed by atoms with Gasteiger partial charge in [-0.05, 0) is 131 Å². The largest absolute Gasteiger partial charge is 0.316 e. The minimum absolute atomic E-state index is 0.0750. The maximum atomic E-state index is 13.5. The van der Waals surface area contributed by atoms with Gasteiger partial charge in [-0.2, -0.15) is 9.97 Å². The lowest BCUT2D eigenvalue weighted by atomic mass is 10.0. The van der Waals surface area contributed by atoms with Gasteiger partial charge in [0.05, 0.1) is 11.4 Å². The van der Waals surface area contributed by atoms with Crippen LogP contribution in [0.2, 0.25) is 0 Å². The highest BCUT2D eigenvalue weighted by Gasteiger charge is 2.45. The number of benzene rings is 2. The molecule has 4 aromatic rings. The Balaban J connectivity index is 0.000000228. The first-order valence-electron chi connectivity index (χ1n) is 22.0. The second kappa shape index (κ2) is 18.8. The number of hydrogen-bond acceptors (Lipinski definition) is 10. The number of rotatable bonds is 13. The van der Waals surface area contributed by atoms with Crippen molar-refractivity contribution in [3.8, 4) is 0 Å². The maximum absolute atomic E-state index is 13.5. The van der Waals surface area contributed by atoms with Crippen LogP contribution in [0, 0.1) is 55.4 Å². The number of aryl methyl sites for hydroxylation is 8. The molecule has 2 aromatic heterocycles. The highest BCUT2D eigenvalue weighted by atomic mass is 16.2. The van der Waals surface area contributed by atoms with Crippen LogP contribution in [-0.2, 0) is 9.59 Å². The monoisotopic (exact) mass is 819 g/mol. The summed E-state index contributed by atoms with van der Waals surface area (Å²) in [6.07, 6.45) is 3.52. The van der Waals surface area contributed by atoms with Crippen LogP contribution in [0.1, 0.15) is 135 Å². The van der Waals surface area contributed by atoms with Gasteiger partial charge in [0.15, 0.2) is 0 Å². The van der Waals surface area contributed by atoms with E-state index in [1.807, 2.05) is 37.7 Å². The van der Waals surface area contributed by atoms with E-state index >= 15 is 0 Å². The molecule has 12 nitrogen and oxygen atoms in total. The average Bonchev–Trinajstić information content (AvgIpc) is 3.62. The maximum Gasteiger partial charge on any atom is 0.250 e. The van der Waals surface area contributed by atoms with E-state index < -0.39 is 6.04 Å². The molecule has 0 saturated heterocycles. The molecule has 12 heteroatoms. The second-order valence-corrected chi connectivity index (χ2v) is 16.9. The van der Waals surface area contributed by atoms with E-state index in [0.29, 0.717) is 17.7 Å². The van der Waals surface area contributed by atoms with E-state index in [1.54, 1.807) is 4.90 Å². The number of anilines is 6. The summed E-state index contributed by atoms with van der Waals surface area (Å²) in [7, 11) is 3.90. The van der Waals surface area contributed by atoms with Gasteiger partial charge in [-0.25, -0.2) is 9.97 Å². The summed E-state index contributed by atoms with van der Waals surface area (Å²) in [4.78, 5) is 56.1. The van der Waals surface area contributed by atoms with Crippen molar-refractivity contribution in [1.82, 2.24) is 24.8 Å². The van der Waals surface area contributed by atoms with Crippen molar-refractivity contribution >= 4 is 46.7 Å². The van der Waals surface area contributed by atoms with Gasteiger partial charge in [0.25, 0.3) is 5.91 Å². The van der Waals surface area contributed by atoms with E-state index in [9.17, 15) is 9.59 Å². The molecule has 60 heavy (non-hydrogen) atoms. The number of carbonyl (C=O) groups is 2. The molecule has 2 N–H and O–H groups in total. The Hall–Kier alpha value is -4.94. The van der Waals surface area contributed by atoms with Crippen LogP contribution >= 0.6 is 0 Å². The summed E-state index contributed by atoms with van der Waals surface area (Å²) in [6, 6.07) is 7.98. The number of aromatic nitrogens is 4. The van der Waals surface area contributed by atoms with Gasteiger partial charge in [-0.3, -0.25) is 24.3 Å². The molecule has 0 saturated carbocycles. The highest BCUT2D eigenvalue weighted by molar-refractivity contribution is 6.05. The van der Waals surface area contributed by atoms with E-state index in [0.717, 1.165) is 78.5 Å². The lowest BCUT2D eigenvalue weighted by Crippen LogP contribution is -2.41. The summed E-state index contributed by atoms with van der Waals surface area (Å²) >= 11 is 0. The van der Waals surface area contributed by atoms with Crippen molar-refractivity contribution in [2.24, 2.45) is 5.73 Å². The molecule has 0 aliphatic carbocycles. The number of amides is 2. The topological polar surface area (TPSA) is 128 Å². The zero-order valence-electron chi connectivity index (χ0n) is 39.3. The van der Waals surface area contributed by atoms with Crippen molar-refractivity contribution in [2.75, 3.05) is 46.8 Å². The van der Waals surface area contributed by atoms with E-state index in [1.165, 1.54) is 33.4 Å². The Labute approximate surface area is 359 Å². The molecular formula is C48H70N10O2. The molecule has 0 fully saturated rings. The van der Waals surface area contributed by atoms with Crippen LogP contribution in [0.4, 0.5) is 34.9 Å². The van der Waals surface area contributed by atoms with Gasteiger partial charge in [0.1, 0.15) is 23.7 Å². The van der Waals surface area contributed by atoms with Crippen molar-refractivity contribution in [3.63, 3.8) is 0 Å². The van der Waals surface area contributed by atoms with Gasteiger partial charge in [0, 0.05) is 47.7 Å². The summed E-state index contributed by atoms with van der Waals surface area (Å²) in [6.45, 7) is 30.8. The first kappa shape index (κ1) is 46.1. The number of likely N-dealkylation sites (N-methyl/N-ethyl adjacent to an activating group) is 1. The summed E-state index contributed by atoms with van der Waals surface area (Å²) in [5.74, 6) is 2.77. The SMILES string of the molecule is CCC(CC)N1C(=O)C(N(C)C)c2c(C)nc(N(CC)c3c(C)cc(C)cc3C)nc21.CCC(CC)N1C(=O)C(N)c2c(C)nc(N(CC)c3c(C)cc(C)cc3C)nc21. The lowest BCUT2D eigenvalue weighted by molar-refractivity contribution is -0.123. The van der Waals surface area contributed by atoms with Crippen LogP contribution in [0.25, 0.3) is 0 Å². The zero-order valence-corrected chi connectivity index (χ0v) is 39.3. The Kier molecular flexibility index (Phi) is 14.4. The quantitative estimate of drug-likeness (QED) is 0.139. The van der Waals surface area contributed by atoms with E-state index in [4.69, 9.17) is 25.7 Å². The predicted octanol–water partition coefficient (Wildman–Crippen LogP) is 9.41. The molecule has 0 radical (unpaired) electrons. The third-order valence-corrected chi connectivity index (χ3v) is 12.3. The Morgan fingerprint density at radius 2 is 0.917 bits per heavy atom. The van der Waals surface area contributed by atoms with E-state index in [-0.39, 0.29) is 29.9 Å². The molecular weight excluding hydrogens is 749 g/mol. The number of nitrogens with two attached hydrogens (primary N) is 1. The third-order valence-electron chi connectivity index (χ3n) is 12.3. The lowest BCUT2D eigenvalue weighted by Gasteiger charge is -2.29. The summed E-state index contributed by atoms with van der Waals surface area (Å²) < 4.78 is 0. The normalized spacial score (nSPS) is 15.9. The van der Waals surface area contributed by atoms with Crippen molar-refractivity contribution < 1.29 is 9.59 Å². The van der Waals surface area contributed by atoms with Crippen molar-refractivity contribution in [3.05, 3.63) is 80.2 Å². The Morgan fingerprint density at radius 1 is 0.567 bits per heavy atom. The minimum atomic E-state index is -0.683. The molecule has 2 atom stereocenters. The standard InChI is InChI=1S/C25H37N5O.C23H33N5O/c1-10-19(11-2)30-23-20(22(24(30)31)28(8)9)18(7)26-25(27-23)29(12-3)21-16(5)13-15(4)14-17(21)6;1-8-17(9-2)28-21-18(19(24)22(28)29)16(7)25-23(26-21)27(10-3)20-14(5)11-13(4)12-15(20)6/h13-14,19,22H,10-12H2,1-9H3;11-12,17,19H,8-10,24H2,1-7H3. The van der Waals surface area contributed by atoms with Crippen LogP contribution in [0.3, 0.4) is 0 Å². The van der Waals surface area contributed by atoms with Crippen LogP contribution in [0.15, 0.2) is 24.3 Å². The fourth-order valence-electron chi connectivity index (χ4n) is 9.62. The zero-order chi connectivity index (χ0) is 44.5. The van der Waals surface area contributed by atoms with Gasteiger partial charge in [0.2, 0.25) is 17.8 Å². The van der Waals surface area contributed by atoms with Crippen molar-refractivity contribution in [2.45, 2.75) is 147 Å². The predicted molar refractivity (Wildman–Crippen MR) is 247 cm³/mol. The summed E-state index contributed by atoms with van der Waals surface area (Å²) in [5, 5.41) is 0. The second-order valence-electron chi connectivity index (χ2n) is 16.9. The number of carbonyl (C=O) groups excluding carboxylic acids is 2. The molecule has 6 rings (SSSR count). The highest BCUT2D eigenvalue weighted by Crippen LogP contribution is 2.43. The van der Waals surface area contributed by atoms with E-state index in [2.05, 4.69) is 117 Å². The smallest absolute Gasteiger partial charge is 0.250 e. The first-order chi connectivity index (χ1) is 28.4. The number of hydrogen-bond donors (Lipinski definition) is 1. The molecule has 324 valence electrons. The molecule has 2 aliphatic rings. The van der Waals surface area contributed by atoms with Gasteiger partial charge in [-0.15, -0.1) is 0 Å². The van der Waals surface area contributed by atoms with Gasteiger partial charge in [-0.1, -0.05) is 63.1 Å². The molecule has 2 aromatic carbocycles.